The van der Waals surface area contributed by atoms with E-state index in [-0.39, 0.29) is 11.2 Å². The normalized spacial score (nSPS) is 28.4. The first-order valence-corrected chi connectivity index (χ1v) is 7.34. The molecule has 5 nitrogen and oxygen atoms in total. The Hall–Kier alpha value is -0.620. The first kappa shape index (κ1) is 13.4. The molecule has 0 aromatic rings. The summed E-state index contributed by atoms with van der Waals surface area (Å²) in [6.45, 7) is 0. The molecule has 0 amide bonds. The molecule has 1 saturated carbocycles. The third kappa shape index (κ3) is 3.18. The largest absolute Gasteiger partial charge is 0.468 e. The van der Waals surface area contributed by atoms with E-state index in [0.717, 1.165) is 12.8 Å². The summed E-state index contributed by atoms with van der Waals surface area (Å²) in [4.78, 5) is 11.3. The van der Waals surface area contributed by atoms with Crippen LogP contribution < -0.4 is 5.73 Å². The van der Waals surface area contributed by atoms with Crippen molar-refractivity contribution in [1.29, 1.82) is 0 Å². The molecule has 6 heteroatoms. The minimum absolute atomic E-state index is 0.0825. The van der Waals surface area contributed by atoms with E-state index < -0.39 is 21.8 Å². The van der Waals surface area contributed by atoms with Crippen molar-refractivity contribution in [2.75, 3.05) is 13.4 Å². The molecule has 1 aliphatic carbocycles. The van der Waals surface area contributed by atoms with E-state index in [4.69, 9.17) is 5.73 Å². The lowest BCUT2D eigenvalue weighted by Crippen LogP contribution is -2.43. The maximum absolute atomic E-state index is 11.4. The Morgan fingerprint density at radius 1 is 1.44 bits per heavy atom. The van der Waals surface area contributed by atoms with Crippen LogP contribution in [-0.2, 0) is 19.4 Å². The lowest BCUT2D eigenvalue weighted by Gasteiger charge is -2.30. The molecular formula is C10H19NO4S. The Labute approximate surface area is 96.3 Å². The van der Waals surface area contributed by atoms with E-state index in [1.165, 1.54) is 13.4 Å². The van der Waals surface area contributed by atoms with Gasteiger partial charge in [0.15, 0.2) is 0 Å². The van der Waals surface area contributed by atoms with Crippen molar-refractivity contribution in [3.05, 3.63) is 0 Å². The van der Waals surface area contributed by atoms with Crippen molar-refractivity contribution in [2.24, 2.45) is 11.7 Å². The van der Waals surface area contributed by atoms with Crippen molar-refractivity contribution >= 4 is 15.8 Å². The maximum atomic E-state index is 11.4. The molecule has 3 atom stereocenters. The second-order valence-electron chi connectivity index (χ2n) is 4.43. The highest BCUT2D eigenvalue weighted by molar-refractivity contribution is 7.91. The molecule has 0 aliphatic heterocycles. The van der Waals surface area contributed by atoms with E-state index in [0.29, 0.717) is 12.8 Å². The van der Waals surface area contributed by atoms with Crippen molar-refractivity contribution in [1.82, 2.24) is 0 Å². The highest BCUT2D eigenvalue weighted by atomic mass is 32.2. The molecule has 0 bridgehead atoms. The summed E-state index contributed by atoms with van der Waals surface area (Å²) in [6, 6.07) is -0.699. The van der Waals surface area contributed by atoms with E-state index >= 15 is 0 Å². The van der Waals surface area contributed by atoms with Gasteiger partial charge in [-0.05, 0) is 25.2 Å². The van der Waals surface area contributed by atoms with Gasteiger partial charge in [0, 0.05) is 6.26 Å². The number of carbonyl (C=O) groups is 1. The Balaban J connectivity index is 2.67. The van der Waals surface area contributed by atoms with Crippen molar-refractivity contribution < 1.29 is 17.9 Å². The summed E-state index contributed by atoms with van der Waals surface area (Å²) in [5.74, 6) is -0.542. The summed E-state index contributed by atoms with van der Waals surface area (Å²) < 4.78 is 27.4. The first-order chi connectivity index (χ1) is 7.36. The predicted octanol–water partition coefficient (Wildman–Crippen LogP) is 0.0901. The summed E-state index contributed by atoms with van der Waals surface area (Å²) in [7, 11) is -1.74. The van der Waals surface area contributed by atoms with Crippen LogP contribution in [0.15, 0.2) is 0 Å². The number of methoxy groups -OCH3 is 1. The molecule has 1 aliphatic rings. The minimum Gasteiger partial charge on any atom is -0.468 e. The number of nitrogens with two attached hydrogens (primary N) is 1. The fraction of sp³-hybridized carbons (Fsp3) is 0.900. The van der Waals surface area contributed by atoms with Gasteiger partial charge in [-0.25, -0.2) is 8.42 Å². The quantitative estimate of drug-likeness (QED) is 0.716. The number of ether oxygens (including phenoxy) is 1. The van der Waals surface area contributed by atoms with Gasteiger partial charge in [0.05, 0.1) is 12.4 Å². The summed E-state index contributed by atoms with van der Waals surface area (Å²) in [5.41, 5.74) is 5.74. The van der Waals surface area contributed by atoms with Gasteiger partial charge in [-0.1, -0.05) is 6.42 Å². The lowest BCUT2D eigenvalue weighted by atomic mass is 9.84. The Morgan fingerprint density at radius 2 is 2.06 bits per heavy atom. The van der Waals surface area contributed by atoms with E-state index in [1.54, 1.807) is 0 Å². The van der Waals surface area contributed by atoms with Crippen LogP contribution in [0.3, 0.4) is 0 Å². The van der Waals surface area contributed by atoms with Crippen LogP contribution in [0.1, 0.15) is 25.7 Å². The molecular weight excluding hydrogens is 230 g/mol. The zero-order valence-electron chi connectivity index (χ0n) is 9.68. The zero-order valence-corrected chi connectivity index (χ0v) is 10.5. The van der Waals surface area contributed by atoms with Gasteiger partial charge in [-0.15, -0.1) is 0 Å². The second kappa shape index (κ2) is 5.14. The number of sulfone groups is 1. The summed E-state index contributed by atoms with van der Waals surface area (Å²) in [5, 5.41) is -0.359. The number of hydrogen-bond acceptors (Lipinski definition) is 5. The van der Waals surface area contributed by atoms with Gasteiger partial charge >= 0.3 is 5.97 Å². The van der Waals surface area contributed by atoms with Crippen LogP contribution in [0.25, 0.3) is 0 Å². The fourth-order valence-electron chi connectivity index (χ4n) is 2.22. The summed E-state index contributed by atoms with van der Waals surface area (Å²) >= 11 is 0. The molecule has 0 heterocycles. The first-order valence-electron chi connectivity index (χ1n) is 5.38. The molecule has 1 fully saturated rings. The van der Waals surface area contributed by atoms with Crippen molar-refractivity contribution in [3.63, 3.8) is 0 Å². The average molecular weight is 249 g/mol. The predicted molar refractivity (Wildman–Crippen MR) is 60.6 cm³/mol. The highest BCUT2D eigenvalue weighted by Crippen LogP contribution is 2.30. The van der Waals surface area contributed by atoms with Crippen LogP contribution in [0.5, 0.6) is 0 Å². The SMILES string of the molecule is COC(=O)C(N)C1CCCC(S(C)(=O)=O)C1. The van der Waals surface area contributed by atoms with Crippen molar-refractivity contribution in [3.8, 4) is 0 Å². The van der Waals surface area contributed by atoms with E-state index in [2.05, 4.69) is 4.74 Å². The van der Waals surface area contributed by atoms with Gasteiger partial charge in [0.2, 0.25) is 0 Å². The van der Waals surface area contributed by atoms with Crippen LogP contribution in [-0.4, -0.2) is 39.0 Å². The molecule has 0 aromatic carbocycles. The van der Waals surface area contributed by atoms with Crippen LogP contribution in [0, 0.1) is 5.92 Å². The van der Waals surface area contributed by atoms with E-state index in [9.17, 15) is 13.2 Å². The molecule has 3 unspecified atom stereocenters. The van der Waals surface area contributed by atoms with Crippen molar-refractivity contribution in [2.45, 2.75) is 37.0 Å². The monoisotopic (exact) mass is 249 g/mol. The zero-order chi connectivity index (χ0) is 12.3. The standard InChI is InChI=1S/C10H19NO4S/c1-15-10(12)9(11)7-4-3-5-8(6-7)16(2,13)14/h7-9H,3-6,11H2,1-2H3. The Morgan fingerprint density at radius 3 is 2.56 bits per heavy atom. The topological polar surface area (TPSA) is 86.5 Å². The molecule has 1 rings (SSSR count). The Bertz CT molecular complexity index is 352. The fourth-order valence-corrected chi connectivity index (χ4v) is 3.42. The maximum Gasteiger partial charge on any atom is 0.322 e. The molecule has 2 N–H and O–H groups in total. The summed E-state index contributed by atoms with van der Waals surface area (Å²) in [6.07, 6.45) is 3.97. The van der Waals surface area contributed by atoms with Crippen LogP contribution in [0.2, 0.25) is 0 Å². The Kier molecular flexibility index (Phi) is 4.32. The smallest absolute Gasteiger partial charge is 0.322 e. The van der Waals surface area contributed by atoms with Crippen LogP contribution >= 0.6 is 0 Å². The molecule has 16 heavy (non-hydrogen) atoms. The number of carbonyl (C=O) groups excluding carboxylic acids is 1. The molecule has 0 spiro atoms. The average Bonchev–Trinajstić information content (AvgIpc) is 2.26. The van der Waals surface area contributed by atoms with Gasteiger partial charge < -0.3 is 10.5 Å². The van der Waals surface area contributed by atoms with Gasteiger partial charge in [-0.2, -0.15) is 0 Å². The third-order valence-electron chi connectivity index (χ3n) is 3.25. The molecule has 94 valence electrons. The molecule has 0 radical (unpaired) electrons. The second-order valence-corrected chi connectivity index (χ2v) is 6.75. The molecule has 0 aromatic heterocycles. The van der Waals surface area contributed by atoms with Gasteiger partial charge in [0.25, 0.3) is 0 Å². The third-order valence-corrected chi connectivity index (χ3v) is 4.89. The highest BCUT2D eigenvalue weighted by Gasteiger charge is 2.34. The van der Waals surface area contributed by atoms with Gasteiger partial charge in [0.1, 0.15) is 15.9 Å². The minimum atomic E-state index is -3.03. The number of hydrogen-bond donors (Lipinski definition) is 1. The van der Waals surface area contributed by atoms with Crippen LogP contribution in [0.4, 0.5) is 0 Å². The van der Waals surface area contributed by atoms with Gasteiger partial charge in [-0.3, -0.25) is 4.79 Å². The number of esters is 1. The van der Waals surface area contributed by atoms with E-state index in [1.807, 2.05) is 0 Å². The number of rotatable bonds is 3. The molecule has 0 saturated heterocycles. The lowest BCUT2D eigenvalue weighted by molar-refractivity contribution is -0.143.